The summed E-state index contributed by atoms with van der Waals surface area (Å²) in [7, 11) is 2.20. The Balaban J connectivity index is 0.000000209. The monoisotopic (exact) mass is 1310 g/mol. The number of piperazine rings is 1. The van der Waals surface area contributed by atoms with Crippen LogP contribution in [0.1, 0.15) is 275 Å². The number of aryl methyl sites for hydroxylation is 1. The number of morpholine rings is 1. The maximum atomic E-state index is 8.79. The fourth-order valence-corrected chi connectivity index (χ4v) is 12.9. The smallest absolute Gasteiger partial charge is 0.0594 e. The van der Waals surface area contributed by atoms with E-state index in [4.69, 9.17) is 9.84 Å². The van der Waals surface area contributed by atoms with Crippen LogP contribution in [-0.2, 0) is 43.9 Å². The molecule has 0 bridgehead atoms. The predicted molar refractivity (Wildman–Crippen MR) is 416 cm³/mol. The van der Waals surface area contributed by atoms with Crippen LogP contribution in [0.25, 0.3) is 0 Å². The molecule has 8 nitrogen and oxygen atoms in total. The van der Waals surface area contributed by atoms with E-state index in [0.29, 0.717) is 35.5 Å². The van der Waals surface area contributed by atoms with E-state index >= 15 is 0 Å². The second kappa shape index (κ2) is 47.1. The van der Waals surface area contributed by atoms with Crippen molar-refractivity contribution in [3.63, 3.8) is 0 Å². The molecular weight excluding hydrogens is 1170 g/mol. The van der Waals surface area contributed by atoms with Crippen molar-refractivity contribution >= 4 is 0 Å². The van der Waals surface area contributed by atoms with Gasteiger partial charge in [-0.15, -0.1) is 0 Å². The summed E-state index contributed by atoms with van der Waals surface area (Å²) in [6.07, 6.45) is 17.3. The Morgan fingerprint density at radius 2 is 0.802 bits per heavy atom. The van der Waals surface area contributed by atoms with Crippen LogP contribution in [0.2, 0.25) is 0 Å². The molecule has 96 heavy (non-hydrogen) atoms. The van der Waals surface area contributed by atoms with E-state index < -0.39 is 0 Å². The molecule has 4 fully saturated rings. The highest BCUT2D eigenvalue weighted by atomic mass is 16.5. The van der Waals surface area contributed by atoms with Gasteiger partial charge in [-0.2, -0.15) is 0 Å². The van der Waals surface area contributed by atoms with Crippen LogP contribution < -0.4 is 10.6 Å². The second-order valence-corrected chi connectivity index (χ2v) is 30.1. The van der Waals surface area contributed by atoms with Crippen LogP contribution >= 0.6 is 0 Å². The summed E-state index contributed by atoms with van der Waals surface area (Å²) in [5, 5.41) is 16.0. The van der Waals surface area contributed by atoms with Crippen LogP contribution in [0.5, 0.6) is 0 Å². The highest BCUT2D eigenvalue weighted by Crippen LogP contribution is 2.24. The van der Waals surface area contributed by atoms with Gasteiger partial charge in [-0.1, -0.05) is 274 Å². The lowest BCUT2D eigenvalue weighted by atomic mass is 9.95. The number of aliphatic hydroxyl groups is 1. The van der Waals surface area contributed by atoms with Crippen molar-refractivity contribution in [1.82, 2.24) is 30.2 Å². The molecule has 1 saturated carbocycles. The van der Waals surface area contributed by atoms with Crippen molar-refractivity contribution in [2.45, 2.75) is 255 Å². The molecule has 1 aliphatic carbocycles. The summed E-state index contributed by atoms with van der Waals surface area (Å²) in [6.45, 7) is 49.2. The molecule has 10 rings (SSSR count). The maximum absolute atomic E-state index is 8.79. The van der Waals surface area contributed by atoms with Crippen molar-refractivity contribution in [1.29, 1.82) is 0 Å². The first kappa shape index (κ1) is 81.7. The van der Waals surface area contributed by atoms with Gasteiger partial charge in [0.05, 0.1) is 13.2 Å². The van der Waals surface area contributed by atoms with Gasteiger partial charge in [0.15, 0.2) is 0 Å². The SMILES string of the molecule is CC(C)c1ccc(CN2CCCCC2)cc1.CC(C)c1ccc(CN2CCN(C)CC2)cc1.CC(C)c1ccc(CN2CCOCC2)cc1.CC(C)c1ccc(CNC2CCCCC2)cc1.CCCCCCNCc1ccc(C(C)C)cc1.Cc1cc(CCO)ccc1C(C)C. The van der Waals surface area contributed by atoms with Crippen LogP contribution in [0.15, 0.2) is 140 Å². The molecule has 0 aromatic heterocycles. The molecule has 4 aliphatic rings. The maximum Gasteiger partial charge on any atom is 0.0594 e. The highest BCUT2D eigenvalue weighted by molar-refractivity contribution is 5.34. The van der Waals surface area contributed by atoms with Crippen LogP contribution in [0, 0.1) is 6.92 Å². The largest absolute Gasteiger partial charge is 0.396 e. The number of likely N-dealkylation sites (tertiary alicyclic amines) is 1. The molecule has 3 N–H and O–H groups in total. The number of ether oxygens (including phenoxy) is 1. The number of piperidine rings is 1. The van der Waals surface area contributed by atoms with Gasteiger partial charge in [0.2, 0.25) is 0 Å². The number of likely N-dealkylation sites (N-methyl/N-ethyl adjacent to an activating group) is 1. The van der Waals surface area contributed by atoms with Crippen molar-refractivity contribution in [3.8, 4) is 0 Å². The number of nitrogens with zero attached hydrogens (tertiary/aromatic N) is 4. The zero-order valence-electron chi connectivity index (χ0n) is 63.7. The number of hydrogen-bond acceptors (Lipinski definition) is 8. The third kappa shape index (κ3) is 33.2. The number of aliphatic hydroxyl groups excluding tert-OH is 1. The fraction of sp³-hybridized carbons (Fsp3) is 0.591. The van der Waals surface area contributed by atoms with Gasteiger partial charge >= 0.3 is 0 Å². The molecule has 0 amide bonds. The van der Waals surface area contributed by atoms with Gasteiger partial charge in [-0.05, 0) is 180 Å². The van der Waals surface area contributed by atoms with E-state index in [0.717, 1.165) is 78.0 Å². The van der Waals surface area contributed by atoms with Gasteiger partial charge in [0.25, 0.3) is 0 Å². The summed E-state index contributed by atoms with van der Waals surface area (Å²) >= 11 is 0. The average molecular weight is 1310 g/mol. The van der Waals surface area contributed by atoms with Gasteiger partial charge < -0.3 is 25.4 Å². The molecule has 3 aliphatic heterocycles. The number of hydrogen-bond donors (Lipinski definition) is 3. The Hall–Kier alpha value is -5.00. The summed E-state index contributed by atoms with van der Waals surface area (Å²) in [5.74, 6) is 3.75. The van der Waals surface area contributed by atoms with E-state index in [1.165, 1.54) is 189 Å². The first-order valence-corrected chi connectivity index (χ1v) is 38.3. The number of unbranched alkanes of at least 4 members (excludes halogenated alkanes) is 3. The summed E-state index contributed by atoms with van der Waals surface area (Å²) in [5.41, 5.74) is 18.3. The number of rotatable bonds is 24. The lowest BCUT2D eigenvalue weighted by Crippen LogP contribution is -2.43. The average Bonchev–Trinajstić information content (AvgIpc) is 1.26. The number of nitrogens with one attached hydrogen (secondary N) is 2. The van der Waals surface area contributed by atoms with E-state index in [1.54, 1.807) is 0 Å². The third-order valence-electron chi connectivity index (χ3n) is 19.7. The quantitative estimate of drug-likeness (QED) is 0.0518. The second-order valence-electron chi connectivity index (χ2n) is 30.1. The van der Waals surface area contributed by atoms with Crippen LogP contribution in [-0.4, -0.2) is 117 Å². The van der Waals surface area contributed by atoms with Crippen molar-refractivity contribution in [2.24, 2.45) is 0 Å². The first-order valence-electron chi connectivity index (χ1n) is 38.3. The summed E-state index contributed by atoms with van der Waals surface area (Å²) in [6, 6.07) is 52.6. The van der Waals surface area contributed by atoms with E-state index in [1.807, 2.05) is 0 Å². The molecule has 0 radical (unpaired) electrons. The Labute approximate surface area is 589 Å². The normalized spacial score (nSPS) is 15.9. The van der Waals surface area contributed by atoms with Crippen LogP contribution in [0.3, 0.4) is 0 Å². The number of benzene rings is 6. The zero-order chi connectivity index (χ0) is 69.5. The Morgan fingerprint density at radius 1 is 0.417 bits per heavy atom. The molecule has 0 unspecified atom stereocenters. The van der Waals surface area contributed by atoms with Crippen molar-refractivity contribution < 1.29 is 9.84 Å². The molecule has 6 aromatic rings. The molecule has 8 heteroatoms. The first-order chi connectivity index (χ1) is 46.3. The van der Waals surface area contributed by atoms with E-state index in [9.17, 15) is 0 Å². The van der Waals surface area contributed by atoms with Gasteiger partial charge in [0.1, 0.15) is 0 Å². The lowest BCUT2D eigenvalue weighted by Gasteiger charge is -2.32. The topological polar surface area (TPSA) is 66.5 Å². The van der Waals surface area contributed by atoms with E-state index in [-0.39, 0.29) is 6.61 Å². The molecule has 0 atom stereocenters. The van der Waals surface area contributed by atoms with Gasteiger partial charge in [-0.25, -0.2) is 0 Å². The molecule has 3 heterocycles. The Morgan fingerprint density at radius 3 is 1.20 bits per heavy atom. The van der Waals surface area contributed by atoms with E-state index in [2.05, 4.69) is 274 Å². The summed E-state index contributed by atoms with van der Waals surface area (Å²) < 4.78 is 5.35. The Kier molecular flexibility index (Phi) is 40.1. The minimum atomic E-state index is 0.237. The highest BCUT2D eigenvalue weighted by Gasteiger charge is 2.16. The Bertz CT molecular complexity index is 2800. The zero-order valence-corrected chi connectivity index (χ0v) is 63.7. The minimum Gasteiger partial charge on any atom is -0.396 e. The van der Waals surface area contributed by atoms with Crippen molar-refractivity contribution in [2.75, 3.05) is 85.8 Å². The van der Waals surface area contributed by atoms with Crippen molar-refractivity contribution in [3.05, 3.63) is 212 Å². The third-order valence-corrected chi connectivity index (χ3v) is 19.7. The van der Waals surface area contributed by atoms with Crippen LogP contribution in [0.4, 0.5) is 0 Å². The molecule has 532 valence electrons. The molecule has 6 aromatic carbocycles. The van der Waals surface area contributed by atoms with Gasteiger partial charge in [0, 0.05) is 84.6 Å². The lowest BCUT2D eigenvalue weighted by molar-refractivity contribution is 0.0342. The molecule has 3 saturated heterocycles. The molecular formula is C88H138N6O2. The minimum absolute atomic E-state index is 0.237. The predicted octanol–water partition coefficient (Wildman–Crippen LogP) is 20.4. The van der Waals surface area contributed by atoms with Gasteiger partial charge in [-0.3, -0.25) is 14.7 Å². The summed E-state index contributed by atoms with van der Waals surface area (Å²) in [4.78, 5) is 9.98. The molecule has 0 spiro atoms. The fourth-order valence-electron chi connectivity index (χ4n) is 12.9. The standard InChI is InChI=1S/C16H25N.C16H27N.C15H24N2.C15H23N.C14H21NO.C12H18O/c1-13(2)15-10-8-14(9-11-15)12-17-16-6-4-3-5-7-16;1-4-5-6-7-12-17-13-15-8-10-16(11-9-15)14(2)3;1-13(2)15-6-4-14(5-7-15)12-17-10-8-16(3)9-11-17;1-13(2)15-8-6-14(7-9-15)12-16-10-4-3-5-11-16;1-12(2)14-5-3-13(4-6-14)11-15-7-9-16-10-8-15;1-9(2)12-5-4-11(6-7-13)8-10(12)3/h8-11,13,16-17H,3-7,12H2,1-2H3;8-11,14,17H,4-7,12-13H2,1-3H3;4-7,13H,8-12H2,1-3H3;6-9,13H,3-5,10-12H2,1-2H3;3-6,12H,7-11H2,1-2H3;4-5,8-9,13H,6-7H2,1-3H3.